The number of benzene rings is 3. The lowest BCUT2D eigenvalue weighted by molar-refractivity contribution is -0.127. The molecule has 4 heteroatoms. The Morgan fingerprint density at radius 1 is 0.781 bits per heavy atom. The van der Waals surface area contributed by atoms with Gasteiger partial charge in [0.25, 0.3) is 0 Å². The van der Waals surface area contributed by atoms with Gasteiger partial charge in [0.05, 0.1) is 0 Å². The summed E-state index contributed by atoms with van der Waals surface area (Å²) in [4.78, 5) is 25.9. The second-order valence-corrected chi connectivity index (χ2v) is 9.36. The number of amides is 2. The van der Waals surface area contributed by atoms with Crippen LogP contribution in [0, 0.1) is 5.41 Å². The number of hydrogen-bond donors (Lipinski definition) is 2. The maximum Gasteiger partial charge on any atom is 0.247 e. The lowest BCUT2D eigenvalue weighted by Crippen LogP contribution is -2.46. The van der Waals surface area contributed by atoms with Crippen LogP contribution in [0.25, 0.3) is 0 Å². The van der Waals surface area contributed by atoms with Gasteiger partial charge in [0.2, 0.25) is 11.8 Å². The number of para-hydroxylation sites is 1. The van der Waals surface area contributed by atoms with E-state index in [0.29, 0.717) is 12.8 Å². The largest absolute Gasteiger partial charge is 0.344 e. The summed E-state index contributed by atoms with van der Waals surface area (Å²) in [7, 11) is 0. The van der Waals surface area contributed by atoms with Crippen LogP contribution >= 0.6 is 0 Å². The van der Waals surface area contributed by atoms with E-state index in [1.165, 1.54) is 5.56 Å². The molecule has 0 spiro atoms. The number of carbonyl (C=O) groups excluding carboxylic acids is 2. The molecule has 32 heavy (non-hydrogen) atoms. The Bertz CT molecular complexity index is 1020. The van der Waals surface area contributed by atoms with Crippen molar-refractivity contribution >= 4 is 17.5 Å². The van der Waals surface area contributed by atoms with Crippen molar-refractivity contribution in [2.24, 2.45) is 5.41 Å². The van der Waals surface area contributed by atoms with Crippen molar-refractivity contribution in [3.8, 4) is 0 Å². The van der Waals surface area contributed by atoms with Crippen molar-refractivity contribution in [3.05, 3.63) is 102 Å². The third-order valence-corrected chi connectivity index (χ3v) is 5.14. The van der Waals surface area contributed by atoms with E-state index in [-0.39, 0.29) is 17.2 Å². The van der Waals surface area contributed by atoms with Gasteiger partial charge in [0, 0.05) is 18.5 Å². The van der Waals surface area contributed by atoms with Crippen LogP contribution in [0.3, 0.4) is 0 Å². The Labute approximate surface area is 191 Å². The Hall–Kier alpha value is -3.40. The molecule has 2 N–H and O–H groups in total. The van der Waals surface area contributed by atoms with Gasteiger partial charge >= 0.3 is 0 Å². The van der Waals surface area contributed by atoms with Crippen LogP contribution < -0.4 is 10.6 Å². The molecule has 3 rings (SSSR count). The van der Waals surface area contributed by atoms with Crippen LogP contribution in [0.2, 0.25) is 0 Å². The summed E-state index contributed by atoms with van der Waals surface area (Å²) in [6.07, 6.45) is 1.51. The average Bonchev–Trinajstić information content (AvgIpc) is 2.75. The Kier molecular flexibility index (Phi) is 7.82. The summed E-state index contributed by atoms with van der Waals surface area (Å²) in [5.74, 6) is -0.331. The molecule has 0 bridgehead atoms. The van der Waals surface area contributed by atoms with E-state index in [0.717, 1.165) is 23.2 Å². The molecular weight excluding hydrogens is 396 g/mol. The van der Waals surface area contributed by atoms with Crippen LogP contribution in [-0.2, 0) is 22.4 Å². The fourth-order valence-corrected chi connectivity index (χ4v) is 3.62. The molecule has 0 saturated carbocycles. The van der Waals surface area contributed by atoms with Gasteiger partial charge in [-0.1, -0.05) is 99.6 Å². The predicted molar refractivity (Wildman–Crippen MR) is 130 cm³/mol. The van der Waals surface area contributed by atoms with Gasteiger partial charge in [-0.25, -0.2) is 0 Å². The van der Waals surface area contributed by atoms with Gasteiger partial charge in [0.1, 0.15) is 6.04 Å². The summed E-state index contributed by atoms with van der Waals surface area (Å²) in [5.41, 5.74) is 3.82. The van der Waals surface area contributed by atoms with E-state index in [4.69, 9.17) is 0 Å². The van der Waals surface area contributed by atoms with Gasteiger partial charge in [-0.3, -0.25) is 9.59 Å². The lowest BCUT2D eigenvalue weighted by atomic mass is 9.91. The van der Waals surface area contributed by atoms with Crippen LogP contribution in [-0.4, -0.2) is 17.9 Å². The molecule has 0 aliphatic rings. The fourth-order valence-electron chi connectivity index (χ4n) is 3.62. The zero-order valence-electron chi connectivity index (χ0n) is 19.1. The third kappa shape index (κ3) is 7.38. The fraction of sp³-hybridized carbons (Fsp3) is 0.286. The molecule has 0 saturated heterocycles. The first-order valence-corrected chi connectivity index (χ1v) is 11.1. The van der Waals surface area contributed by atoms with Gasteiger partial charge in [-0.15, -0.1) is 0 Å². The highest BCUT2D eigenvalue weighted by atomic mass is 16.2. The van der Waals surface area contributed by atoms with Crippen molar-refractivity contribution in [2.45, 2.75) is 46.1 Å². The molecule has 1 unspecified atom stereocenters. The van der Waals surface area contributed by atoms with E-state index < -0.39 is 6.04 Å². The summed E-state index contributed by atoms with van der Waals surface area (Å²) in [5, 5.41) is 6.03. The standard InChI is InChI=1S/C28H32N2O2/c1-28(2,3)20-26(31)29-25(19-22-14-8-5-9-15-22)27(32)30-24-17-11-10-16-23(24)18-21-12-6-4-7-13-21/h4-17,25H,18-20H2,1-3H3,(H,29,31)(H,30,32). The molecule has 0 fully saturated rings. The summed E-state index contributed by atoms with van der Waals surface area (Å²) >= 11 is 0. The maximum atomic E-state index is 13.3. The van der Waals surface area contributed by atoms with Crippen molar-refractivity contribution in [1.29, 1.82) is 0 Å². The first kappa shape index (κ1) is 23.3. The number of nitrogens with one attached hydrogen (secondary N) is 2. The molecule has 3 aromatic rings. The minimum absolute atomic E-state index is 0.119. The average molecular weight is 429 g/mol. The van der Waals surface area contributed by atoms with Gasteiger partial charge in [-0.05, 0) is 34.6 Å². The van der Waals surface area contributed by atoms with Crippen LogP contribution in [0.1, 0.15) is 43.9 Å². The summed E-state index contributed by atoms with van der Waals surface area (Å²) in [6, 6.07) is 27.1. The number of carbonyl (C=O) groups is 2. The first-order valence-electron chi connectivity index (χ1n) is 11.1. The van der Waals surface area contributed by atoms with Crippen LogP contribution in [0.4, 0.5) is 5.69 Å². The predicted octanol–water partition coefficient (Wildman–Crippen LogP) is 5.38. The van der Waals surface area contributed by atoms with Gasteiger partial charge in [-0.2, -0.15) is 0 Å². The zero-order chi connectivity index (χ0) is 23.0. The quantitative estimate of drug-likeness (QED) is 0.506. The van der Waals surface area contributed by atoms with Crippen LogP contribution in [0.15, 0.2) is 84.9 Å². The summed E-state index contributed by atoms with van der Waals surface area (Å²) in [6.45, 7) is 6.04. The van der Waals surface area contributed by atoms with Gasteiger partial charge in [0.15, 0.2) is 0 Å². The monoisotopic (exact) mass is 428 g/mol. The van der Waals surface area contributed by atoms with Crippen LogP contribution in [0.5, 0.6) is 0 Å². The Morgan fingerprint density at radius 3 is 1.97 bits per heavy atom. The van der Waals surface area contributed by atoms with Gasteiger partial charge < -0.3 is 10.6 Å². The number of rotatable bonds is 8. The lowest BCUT2D eigenvalue weighted by Gasteiger charge is -2.23. The molecule has 3 aromatic carbocycles. The Balaban J connectivity index is 1.78. The molecule has 0 aliphatic heterocycles. The smallest absolute Gasteiger partial charge is 0.247 e. The molecule has 4 nitrogen and oxygen atoms in total. The molecule has 166 valence electrons. The molecule has 0 heterocycles. The molecule has 0 radical (unpaired) electrons. The number of hydrogen-bond acceptors (Lipinski definition) is 2. The van der Waals surface area contributed by atoms with E-state index in [9.17, 15) is 9.59 Å². The zero-order valence-corrected chi connectivity index (χ0v) is 19.1. The Morgan fingerprint density at radius 2 is 1.34 bits per heavy atom. The second-order valence-electron chi connectivity index (χ2n) is 9.36. The SMILES string of the molecule is CC(C)(C)CC(=O)NC(Cc1ccccc1)C(=O)Nc1ccccc1Cc1ccccc1. The molecule has 0 aliphatic carbocycles. The highest BCUT2D eigenvalue weighted by molar-refractivity contribution is 5.98. The molecule has 2 amide bonds. The van der Waals surface area contributed by atoms with E-state index >= 15 is 0 Å². The van der Waals surface area contributed by atoms with E-state index in [1.54, 1.807) is 0 Å². The van der Waals surface area contributed by atoms with E-state index in [1.807, 2.05) is 93.6 Å². The first-order chi connectivity index (χ1) is 15.3. The van der Waals surface area contributed by atoms with Crippen molar-refractivity contribution in [1.82, 2.24) is 5.32 Å². The highest BCUT2D eigenvalue weighted by Gasteiger charge is 2.24. The van der Waals surface area contributed by atoms with Crippen molar-refractivity contribution in [2.75, 3.05) is 5.32 Å². The maximum absolute atomic E-state index is 13.3. The highest BCUT2D eigenvalue weighted by Crippen LogP contribution is 2.21. The number of anilines is 1. The summed E-state index contributed by atoms with van der Waals surface area (Å²) < 4.78 is 0. The topological polar surface area (TPSA) is 58.2 Å². The van der Waals surface area contributed by atoms with Crippen molar-refractivity contribution in [3.63, 3.8) is 0 Å². The van der Waals surface area contributed by atoms with E-state index in [2.05, 4.69) is 22.8 Å². The molecular formula is C28H32N2O2. The molecule has 0 aromatic heterocycles. The minimum Gasteiger partial charge on any atom is -0.344 e. The minimum atomic E-state index is -0.656. The second kappa shape index (κ2) is 10.8. The normalized spacial score (nSPS) is 12.1. The van der Waals surface area contributed by atoms with Crippen molar-refractivity contribution < 1.29 is 9.59 Å². The molecule has 1 atom stereocenters. The third-order valence-electron chi connectivity index (χ3n) is 5.14.